The van der Waals surface area contributed by atoms with E-state index in [0.717, 1.165) is 12.1 Å². The molecular weight excluding hydrogens is 352 g/mol. The third-order valence-electron chi connectivity index (χ3n) is 3.00. The Hall–Kier alpha value is -1.56. The number of hydrogen-bond acceptors (Lipinski definition) is 1. The highest BCUT2D eigenvalue weighted by Crippen LogP contribution is 2.38. The summed E-state index contributed by atoms with van der Waals surface area (Å²) < 4.78 is 56.1. The molecule has 0 N–H and O–H groups in total. The summed E-state index contributed by atoms with van der Waals surface area (Å²) in [7, 11) is 1.45. The minimum Gasteiger partial charge on any atom is -0.496 e. The molecule has 0 heterocycles. The van der Waals surface area contributed by atoms with Gasteiger partial charge in [0.15, 0.2) is 0 Å². The fourth-order valence-corrected chi connectivity index (χ4v) is 2.59. The summed E-state index contributed by atoms with van der Waals surface area (Å²) in [6.07, 6.45) is -4.38. The third-order valence-corrected chi connectivity index (χ3v) is 4.02. The van der Waals surface area contributed by atoms with Crippen LogP contribution in [0, 0.1) is 5.82 Å². The van der Waals surface area contributed by atoms with Gasteiger partial charge in [0, 0.05) is 5.56 Å². The van der Waals surface area contributed by atoms with E-state index in [1.165, 1.54) is 37.4 Å². The van der Waals surface area contributed by atoms with Crippen LogP contribution in [-0.4, -0.2) is 7.11 Å². The number of methoxy groups -OCH3 is 1. The Labute approximate surface area is 127 Å². The minimum atomic E-state index is -4.38. The highest BCUT2D eigenvalue weighted by Gasteiger charge is 2.30. The lowest BCUT2D eigenvalue weighted by Gasteiger charge is -2.15. The molecule has 0 saturated heterocycles. The van der Waals surface area contributed by atoms with Crippen molar-refractivity contribution in [1.82, 2.24) is 0 Å². The second-order valence-electron chi connectivity index (χ2n) is 4.37. The van der Waals surface area contributed by atoms with E-state index in [0.29, 0.717) is 16.9 Å². The summed E-state index contributed by atoms with van der Waals surface area (Å²) in [5.74, 6) is 0.0142. The zero-order chi connectivity index (χ0) is 15.6. The molecule has 2 aromatic rings. The van der Waals surface area contributed by atoms with Crippen LogP contribution in [0.25, 0.3) is 0 Å². The highest BCUT2D eigenvalue weighted by atomic mass is 79.9. The fraction of sp³-hybridized carbons (Fsp3) is 0.200. The highest BCUT2D eigenvalue weighted by molar-refractivity contribution is 9.09. The van der Waals surface area contributed by atoms with Crippen molar-refractivity contribution in [2.45, 2.75) is 11.0 Å². The number of hydrogen-bond donors (Lipinski definition) is 0. The lowest BCUT2D eigenvalue weighted by atomic mass is 10.0. The van der Waals surface area contributed by atoms with Crippen LogP contribution in [0.2, 0.25) is 0 Å². The fourth-order valence-electron chi connectivity index (χ4n) is 1.92. The topological polar surface area (TPSA) is 9.23 Å². The van der Waals surface area contributed by atoms with Crippen LogP contribution in [0.15, 0.2) is 42.5 Å². The summed E-state index contributed by atoms with van der Waals surface area (Å²) in [5, 5.41) is 0. The maximum absolute atomic E-state index is 13.4. The summed E-state index contributed by atoms with van der Waals surface area (Å²) in [6, 6.07) is 8.72. The van der Waals surface area contributed by atoms with Crippen LogP contribution in [0.5, 0.6) is 5.75 Å². The van der Waals surface area contributed by atoms with Gasteiger partial charge < -0.3 is 4.74 Å². The molecule has 0 spiro atoms. The largest absolute Gasteiger partial charge is 0.496 e. The second-order valence-corrected chi connectivity index (χ2v) is 5.28. The lowest BCUT2D eigenvalue weighted by molar-refractivity contribution is -0.137. The molecule has 2 aromatic carbocycles. The van der Waals surface area contributed by atoms with Crippen LogP contribution < -0.4 is 4.74 Å². The van der Waals surface area contributed by atoms with Crippen molar-refractivity contribution in [3.05, 3.63) is 65.0 Å². The molecule has 0 aliphatic heterocycles. The first kappa shape index (κ1) is 15.8. The van der Waals surface area contributed by atoms with Gasteiger partial charge in [-0.2, -0.15) is 13.2 Å². The van der Waals surface area contributed by atoms with E-state index in [2.05, 4.69) is 15.9 Å². The van der Waals surface area contributed by atoms with E-state index in [1.54, 1.807) is 0 Å². The molecule has 21 heavy (non-hydrogen) atoms. The zero-order valence-corrected chi connectivity index (χ0v) is 12.5. The number of halogens is 5. The van der Waals surface area contributed by atoms with Crippen LogP contribution in [-0.2, 0) is 6.18 Å². The van der Waals surface area contributed by atoms with Crippen LogP contribution in [0.4, 0.5) is 17.6 Å². The van der Waals surface area contributed by atoms with Crippen molar-refractivity contribution < 1.29 is 22.3 Å². The monoisotopic (exact) mass is 362 g/mol. The second kappa shape index (κ2) is 6.05. The van der Waals surface area contributed by atoms with Gasteiger partial charge in [-0.15, -0.1) is 0 Å². The lowest BCUT2D eigenvalue weighted by Crippen LogP contribution is -2.05. The maximum Gasteiger partial charge on any atom is 0.416 e. The van der Waals surface area contributed by atoms with Crippen LogP contribution in [0.1, 0.15) is 21.5 Å². The molecule has 1 unspecified atom stereocenters. The van der Waals surface area contributed by atoms with Gasteiger partial charge in [-0.05, 0) is 35.9 Å². The molecule has 0 aliphatic rings. The Morgan fingerprint density at radius 1 is 1.05 bits per heavy atom. The van der Waals surface area contributed by atoms with E-state index >= 15 is 0 Å². The predicted molar refractivity (Wildman–Crippen MR) is 75.2 cm³/mol. The van der Waals surface area contributed by atoms with Crippen molar-refractivity contribution in [3.63, 3.8) is 0 Å². The minimum absolute atomic E-state index is 0.442. The van der Waals surface area contributed by atoms with Gasteiger partial charge in [0.25, 0.3) is 0 Å². The average molecular weight is 363 g/mol. The smallest absolute Gasteiger partial charge is 0.416 e. The normalized spacial score (nSPS) is 13.0. The van der Waals surface area contributed by atoms with Gasteiger partial charge in [0.2, 0.25) is 0 Å². The first-order valence-corrected chi connectivity index (χ1v) is 6.89. The van der Waals surface area contributed by atoms with Crippen molar-refractivity contribution in [2.75, 3.05) is 7.11 Å². The Morgan fingerprint density at radius 3 is 2.19 bits per heavy atom. The number of benzene rings is 2. The van der Waals surface area contributed by atoms with Gasteiger partial charge in [0.1, 0.15) is 11.6 Å². The summed E-state index contributed by atoms with van der Waals surface area (Å²) in [6.45, 7) is 0. The maximum atomic E-state index is 13.4. The van der Waals surface area contributed by atoms with Crippen molar-refractivity contribution >= 4 is 15.9 Å². The average Bonchev–Trinajstić information content (AvgIpc) is 2.45. The Bertz CT molecular complexity index is 623. The molecule has 6 heteroatoms. The molecule has 0 saturated carbocycles. The number of alkyl halides is 4. The van der Waals surface area contributed by atoms with Gasteiger partial charge in [-0.25, -0.2) is 4.39 Å². The quantitative estimate of drug-likeness (QED) is 0.529. The molecular formula is C15H11BrF4O. The molecule has 1 nitrogen and oxygen atoms in total. The van der Waals surface area contributed by atoms with Crippen molar-refractivity contribution in [3.8, 4) is 5.75 Å². The van der Waals surface area contributed by atoms with Gasteiger partial charge in [-0.1, -0.05) is 28.1 Å². The first-order valence-electron chi connectivity index (χ1n) is 5.97. The molecule has 0 radical (unpaired) electrons. The molecule has 1 atom stereocenters. The first-order chi connectivity index (χ1) is 9.82. The molecule has 0 bridgehead atoms. The molecule has 0 aromatic heterocycles. The van der Waals surface area contributed by atoms with Crippen LogP contribution >= 0.6 is 15.9 Å². The van der Waals surface area contributed by atoms with E-state index < -0.39 is 22.4 Å². The predicted octanol–water partition coefficient (Wildman–Crippen LogP) is 5.34. The van der Waals surface area contributed by atoms with E-state index in [-0.39, 0.29) is 0 Å². The molecule has 0 fully saturated rings. The van der Waals surface area contributed by atoms with E-state index in [9.17, 15) is 17.6 Å². The third kappa shape index (κ3) is 3.56. The standard InChI is InChI=1S/C15H11BrF4O/c1-21-13-7-6-11(17)8-12(13)14(16)9-2-4-10(5-3-9)15(18,19)20/h2-8,14H,1H3. The van der Waals surface area contributed by atoms with E-state index in [4.69, 9.17) is 4.74 Å². The Kier molecular flexibility index (Phi) is 4.56. The number of rotatable bonds is 3. The Balaban J connectivity index is 2.36. The SMILES string of the molecule is COc1ccc(F)cc1C(Br)c1ccc(C(F)(F)F)cc1. The van der Waals surface area contributed by atoms with Gasteiger partial charge >= 0.3 is 6.18 Å². The molecule has 0 amide bonds. The summed E-state index contributed by atoms with van der Waals surface area (Å²) >= 11 is 3.37. The molecule has 0 aliphatic carbocycles. The van der Waals surface area contributed by atoms with E-state index in [1.807, 2.05) is 0 Å². The summed E-state index contributed by atoms with van der Waals surface area (Å²) in [5.41, 5.74) is 0.362. The molecule has 112 valence electrons. The van der Waals surface area contributed by atoms with Gasteiger partial charge in [-0.3, -0.25) is 0 Å². The van der Waals surface area contributed by atoms with Gasteiger partial charge in [0.05, 0.1) is 17.5 Å². The molecule has 2 rings (SSSR count). The van der Waals surface area contributed by atoms with Crippen molar-refractivity contribution in [2.24, 2.45) is 0 Å². The zero-order valence-electron chi connectivity index (χ0n) is 10.9. The van der Waals surface area contributed by atoms with Crippen LogP contribution in [0.3, 0.4) is 0 Å². The number of ether oxygens (including phenoxy) is 1. The van der Waals surface area contributed by atoms with Crippen molar-refractivity contribution in [1.29, 1.82) is 0 Å². The Morgan fingerprint density at radius 2 is 1.67 bits per heavy atom. The summed E-state index contributed by atoms with van der Waals surface area (Å²) in [4.78, 5) is -0.467.